The predicted octanol–water partition coefficient (Wildman–Crippen LogP) is 2.48. The molecule has 1 aromatic heterocycles. The summed E-state index contributed by atoms with van der Waals surface area (Å²) >= 11 is 0. The highest BCUT2D eigenvalue weighted by molar-refractivity contribution is 5.98. The summed E-state index contributed by atoms with van der Waals surface area (Å²) in [6.45, 7) is 3.14. The maximum atomic E-state index is 12.4. The van der Waals surface area contributed by atoms with E-state index in [1.54, 1.807) is 6.07 Å². The summed E-state index contributed by atoms with van der Waals surface area (Å²) in [5.41, 5.74) is 1.64. The number of rotatable bonds is 6. The Balaban J connectivity index is 1.60. The summed E-state index contributed by atoms with van der Waals surface area (Å²) in [6, 6.07) is 12.6. The van der Waals surface area contributed by atoms with Gasteiger partial charge in [0.25, 0.3) is 11.8 Å². The van der Waals surface area contributed by atoms with E-state index in [-0.39, 0.29) is 29.7 Å². The Morgan fingerprint density at radius 1 is 1.23 bits per heavy atom. The lowest BCUT2D eigenvalue weighted by Gasteiger charge is -2.14. The average molecular weight is 353 g/mol. The van der Waals surface area contributed by atoms with Crippen molar-refractivity contribution < 1.29 is 14.3 Å². The minimum absolute atomic E-state index is 0.0790. The fourth-order valence-electron chi connectivity index (χ4n) is 2.91. The fraction of sp³-hybridized carbons (Fsp3) is 0.350. The molecule has 0 saturated carbocycles. The quantitative estimate of drug-likeness (QED) is 0.836. The lowest BCUT2D eigenvalue weighted by Crippen LogP contribution is -2.32. The van der Waals surface area contributed by atoms with Gasteiger partial charge in [0.1, 0.15) is 5.69 Å². The highest BCUT2D eigenvalue weighted by Gasteiger charge is 2.18. The number of hydrogen-bond donors (Lipinski definition) is 2. The molecule has 2 amide bonds. The van der Waals surface area contributed by atoms with Gasteiger partial charge < -0.3 is 15.4 Å². The highest BCUT2D eigenvalue weighted by atomic mass is 16.5. The van der Waals surface area contributed by atoms with Gasteiger partial charge in [0.15, 0.2) is 0 Å². The molecule has 1 aliphatic rings. The molecule has 0 spiro atoms. The number of amides is 2. The second-order valence-corrected chi connectivity index (χ2v) is 6.38. The zero-order valence-corrected chi connectivity index (χ0v) is 14.8. The third-order valence-electron chi connectivity index (χ3n) is 4.42. The zero-order valence-electron chi connectivity index (χ0n) is 14.8. The Hall–Kier alpha value is -2.73. The van der Waals surface area contributed by atoms with Gasteiger partial charge in [-0.3, -0.25) is 14.6 Å². The number of nitrogens with zero attached hydrogens (tertiary/aromatic N) is 1. The van der Waals surface area contributed by atoms with Crippen molar-refractivity contribution >= 4 is 11.8 Å². The Labute approximate surface area is 153 Å². The minimum atomic E-state index is -0.310. The SMILES string of the molecule is CC(NC(=O)c1cc(C(=O)NCC2CCCO2)ccn1)c1ccccc1. The van der Waals surface area contributed by atoms with E-state index in [9.17, 15) is 9.59 Å². The molecule has 3 rings (SSSR count). The summed E-state index contributed by atoms with van der Waals surface area (Å²) in [6.07, 6.45) is 3.54. The molecule has 2 atom stereocenters. The van der Waals surface area contributed by atoms with Gasteiger partial charge in [-0.15, -0.1) is 0 Å². The molecule has 2 unspecified atom stereocenters. The summed E-state index contributed by atoms with van der Waals surface area (Å²) in [5.74, 6) is -0.539. The average Bonchev–Trinajstić information content (AvgIpc) is 3.20. The van der Waals surface area contributed by atoms with Gasteiger partial charge in [-0.05, 0) is 37.5 Å². The maximum Gasteiger partial charge on any atom is 0.270 e. The van der Waals surface area contributed by atoms with E-state index >= 15 is 0 Å². The van der Waals surface area contributed by atoms with Crippen molar-refractivity contribution in [2.24, 2.45) is 0 Å². The monoisotopic (exact) mass is 353 g/mol. The maximum absolute atomic E-state index is 12.4. The predicted molar refractivity (Wildman–Crippen MR) is 97.9 cm³/mol. The standard InChI is InChI=1S/C20H23N3O3/c1-14(15-6-3-2-4-7-15)23-20(25)18-12-16(9-10-21-18)19(24)22-13-17-8-5-11-26-17/h2-4,6-7,9-10,12,14,17H,5,8,11,13H2,1H3,(H,22,24)(H,23,25). The van der Waals surface area contributed by atoms with E-state index in [0.29, 0.717) is 12.1 Å². The number of carbonyl (C=O) groups is 2. The first kappa shape index (κ1) is 18.1. The van der Waals surface area contributed by atoms with Crippen LogP contribution >= 0.6 is 0 Å². The Morgan fingerprint density at radius 2 is 2.04 bits per heavy atom. The third-order valence-corrected chi connectivity index (χ3v) is 4.42. The van der Waals surface area contributed by atoms with Gasteiger partial charge in [-0.1, -0.05) is 30.3 Å². The number of benzene rings is 1. The van der Waals surface area contributed by atoms with Crippen LogP contribution in [0.5, 0.6) is 0 Å². The van der Waals surface area contributed by atoms with Crippen molar-refractivity contribution in [1.29, 1.82) is 0 Å². The molecule has 0 radical (unpaired) electrons. The Kier molecular flexibility index (Phi) is 5.96. The molecule has 1 aliphatic heterocycles. The van der Waals surface area contributed by atoms with Crippen LogP contribution in [0.2, 0.25) is 0 Å². The first-order chi connectivity index (χ1) is 12.6. The molecule has 26 heavy (non-hydrogen) atoms. The first-order valence-corrected chi connectivity index (χ1v) is 8.85. The number of pyridine rings is 1. The van der Waals surface area contributed by atoms with Crippen molar-refractivity contribution in [2.45, 2.75) is 31.9 Å². The molecule has 0 bridgehead atoms. The van der Waals surface area contributed by atoms with E-state index in [1.165, 1.54) is 12.3 Å². The number of ether oxygens (including phenoxy) is 1. The van der Waals surface area contributed by atoms with Crippen molar-refractivity contribution in [3.63, 3.8) is 0 Å². The van der Waals surface area contributed by atoms with Crippen LogP contribution in [0.25, 0.3) is 0 Å². The normalized spacial score (nSPS) is 17.5. The van der Waals surface area contributed by atoms with Crippen molar-refractivity contribution in [2.75, 3.05) is 13.2 Å². The number of aromatic nitrogens is 1. The Bertz CT molecular complexity index is 758. The largest absolute Gasteiger partial charge is 0.376 e. The van der Waals surface area contributed by atoms with Crippen LogP contribution in [0.1, 0.15) is 52.2 Å². The molecule has 2 N–H and O–H groups in total. The van der Waals surface area contributed by atoms with Gasteiger partial charge in [0.05, 0.1) is 12.1 Å². The number of carbonyl (C=O) groups excluding carboxylic acids is 2. The molecule has 6 heteroatoms. The molecule has 2 aromatic rings. The lowest BCUT2D eigenvalue weighted by molar-refractivity contribution is 0.0857. The molecule has 6 nitrogen and oxygen atoms in total. The topological polar surface area (TPSA) is 80.3 Å². The van der Waals surface area contributed by atoms with Crippen LogP contribution < -0.4 is 10.6 Å². The van der Waals surface area contributed by atoms with Crippen LogP contribution in [0, 0.1) is 0 Å². The summed E-state index contributed by atoms with van der Waals surface area (Å²) in [4.78, 5) is 28.8. The molecule has 0 aliphatic carbocycles. The second-order valence-electron chi connectivity index (χ2n) is 6.38. The lowest BCUT2D eigenvalue weighted by atomic mass is 10.1. The number of hydrogen-bond acceptors (Lipinski definition) is 4. The third kappa shape index (κ3) is 4.67. The van der Waals surface area contributed by atoms with Crippen molar-refractivity contribution in [1.82, 2.24) is 15.6 Å². The fourth-order valence-corrected chi connectivity index (χ4v) is 2.91. The summed E-state index contributed by atoms with van der Waals surface area (Å²) in [7, 11) is 0. The van der Waals surface area contributed by atoms with Crippen molar-refractivity contribution in [3.05, 3.63) is 65.5 Å². The van der Waals surface area contributed by atoms with E-state index in [1.807, 2.05) is 37.3 Å². The smallest absolute Gasteiger partial charge is 0.270 e. The van der Waals surface area contributed by atoms with Crippen LogP contribution in [0.15, 0.2) is 48.7 Å². The highest BCUT2D eigenvalue weighted by Crippen LogP contribution is 2.13. The van der Waals surface area contributed by atoms with Crippen LogP contribution in [-0.4, -0.2) is 36.1 Å². The van der Waals surface area contributed by atoms with Crippen LogP contribution in [-0.2, 0) is 4.74 Å². The molecular weight excluding hydrogens is 330 g/mol. The molecular formula is C20H23N3O3. The summed E-state index contributed by atoms with van der Waals surface area (Å²) < 4.78 is 5.50. The van der Waals surface area contributed by atoms with Crippen LogP contribution in [0.3, 0.4) is 0 Å². The van der Waals surface area contributed by atoms with E-state index < -0.39 is 0 Å². The molecule has 1 aromatic carbocycles. The second kappa shape index (κ2) is 8.58. The molecule has 136 valence electrons. The van der Waals surface area contributed by atoms with Gasteiger partial charge in [0, 0.05) is 24.9 Å². The van der Waals surface area contributed by atoms with Crippen molar-refractivity contribution in [3.8, 4) is 0 Å². The molecule has 2 heterocycles. The first-order valence-electron chi connectivity index (χ1n) is 8.85. The van der Waals surface area contributed by atoms with Gasteiger partial charge >= 0.3 is 0 Å². The summed E-state index contributed by atoms with van der Waals surface area (Å²) in [5, 5.41) is 5.75. The molecule has 1 saturated heterocycles. The Morgan fingerprint density at radius 3 is 2.77 bits per heavy atom. The van der Waals surface area contributed by atoms with E-state index in [4.69, 9.17) is 4.74 Å². The molecule has 1 fully saturated rings. The van der Waals surface area contributed by atoms with Crippen LogP contribution in [0.4, 0.5) is 0 Å². The van der Waals surface area contributed by atoms with Gasteiger partial charge in [0.2, 0.25) is 0 Å². The minimum Gasteiger partial charge on any atom is -0.376 e. The van der Waals surface area contributed by atoms with Gasteiger partial charge in [-0.25, -0.2) is 0 Å². The number of nitrogens with one attached hydrogen (secondary N) is 2. The zero-order chi connectivity index (χ0) is 18.4. The van der Waals surface area contributed by atoms with E-state index in [2.05, 4.69) is 15.6 Å². The van der Waals surface area contributed by atoms with Gasteiger partial charge in [-0.2, -0.15) is 0 Å². The van der Waals surface area contributed by atoms with E-state index in [0.717, 1.165) is 25.0 Å².